The number of aromatic nitrogens is 3. The molecule has 0 saturated heterocycles. The summed E-state index contributed by atoms with van der Waals surface area (Å²) in [5.41, 5.74) is 4.36. The molecule has 0 atom stereocenters. The highest BCUT2D eigenvalue weighted by molar-refractivity contribution is 6.31. The van der Waals surface area contributed by atoms with Crippen molar-refractivity contribution in [3.63, 3.8) is 0 Å². The molecule has 0 aliphatic heterocycles. The van der Waals surface area contributed by atoms with E-state index in [0.717, 1.165) is 35.9 Å². The van der Waals surface area contributed by atoms with Gasteiger partial charge in [0.05, 0.1) is 16.4 Å². The van der Waals surface area contributed by atoms with Crippen molar-refractivity contribution in [2.75, 3.05) is 6.54 Å². The molecule has 1 N–H and O–H groups in total. The van der Waals surface area contributed by atoms with Crippen LogP contribution in [0.5, 0.6) is 0 Å². The molecule has 4 nitrogen and oxygen atoms in total. The summed E-state index contributed by atoms with van der Waals surface area (Å²) in [7, 11) is 0. The van der Waals surface area contributed by atoms with Crippen LogP contribution >= 0.6 is 11.6 Å². The summed E-state index contributed by atoms with van der Waals surface area (Å²) >= 11 is 6.19. The zero-order valence-electron chi connectivity index (χ0n) is 12.5. The summed E-state index contributed by atoms with van der Waals surface area (Å²) in [6.07, 6.45) is 0.982. The van der Waals surface area contributed by atoms with Gasteiger partial charge in [0.25, 0.3) is 0 Å². The normalized spacial score (nSPS) is 11.1. The van der Waals surface area contributed by atoms with Gasteiger partial charge in [0, 0.05) is 12.2 Å². The Hall–Kier alpha value is -1.39. The molecule has 108 valence electrons. The van der Waals surface area contributed by atoms with Crippen molar-refractivity contribution < 1.29 is 0 Å². The van der Waals surface area contributed by atoms with E-state index in [9.17, 15) is 0 Å². The number of rotatable bonds is 5. The van der Waals surface area contributed by atoms with Gasteiger partial charge in [-0.25, -0.2) is 9.67 Å². The minimum Gasteiger partial charge on any atom is -0.311 e. The van der Waals surface area contributed by atoms with Crippen LogP contribution in [0.3, 0.4) is 0 Å². The highest BCUT2D eigenvalue weighted by Crippen LogP contribution is 2.20. The van der Waals surface area contributed by atoms with E-state index >= 15 is 0 Å². The molecule has 0 aliphatic rings. The maximum atomic E-state index is 6.19. The van der Waals surface area contributed by atoms with E-state index in [1.807, 2.05) is 23.7 Å². The van der Waals surface area contributed by atoms with E-state index in [4.69, 9.17) is 11.6 Å². The number of halogens is 1. The van der Waals surface area contributed by atoms with Crippen LogP contribution < -0.4 is 5.32 Å². The van der Waals surface area contributed by atoms with Crippen LogP contribution in [0.2, 0.25) is 5.02 Å². The molecule has 0 spiro atoms. The molecule has 2 aromatic heterocycles. The van der Waals surface area contributed by atoms with Crippen LogP contribution in [0.25, 0.3) is 5.82 Å². The molecular formula is C15H21ClN4. The minimum absolute atomic E-state index is 0.670. The number of nitrogens with zero attached hydrogens (tertiary/aromatic N) is 3. The third-order valence-electron chi connectivity index (χ3n) is 3.46. The molecule has 20 heavy (non-hydrogen) atoms. The van der Waals surface area contributed by atoms with Crippen molar-refractivity contribution in [2.45, 2.75) is 40.7 Å². The zero-order chi connectivity index (χ0) is 14.7. The first-order chi connectivity index (χ1) is 9.58. The lowest BCUT2D eigenvalue weighted by atomic mass is 10.1. The molecule has 2 heterocycles. The van der Waals surface area contributed by atoms with Crippen molar-refractivity contribution in [1.29, 1.82) is 0 Å². The Morgan fingerprint density at radius 2 is 2.00 bits per heavy atom. The molecule has 0 aliphatic carbocycles. The van der Waals surface area contributed by atoms with Crippen molar-refractivity contribution in [3.05, 3.63) is 39.8 Å². The Morgan fingerprint density at radius 3 is 2.60 bits per heavy atom. The Bertz CT molecular complexity index is 604. The molecule has 0 unspecified atom stereocenters. The van der Waals surface area contributed by atoms with Gasteiger partial charge in [-0.05, 0) is 44.5 Å². The molecule has 5 heteroatoms. The molecule has 0 radical (unpaired) electrons. The van der Waals surface area contributed by atoms with Gasteiger partial charge < -0.3 is 5.32 Å². The van der Waals surface area contributed by atoms with Crippen LogP contribution in [0.1, 0.15) is 36.5 Å². The number of nitrogens with one attached hydrogen (secondary N) is 1. The maximum absolute atomic E-state index is 6.19. The quantitative estimate of drug-likeness (QED) is 0.920. The predicted molar refractivity (Wildman–Crippen MR) is 82.6 cm³/mol. The van der Waals surface area contributed by atoms with Gasteiger partial charge in [0.15, 0.2) is 5.82 Å². The minimum atomic E-state index is 0.670. The smallest absolute Gasteiger partial charge is 0.154 e. The lowest BCUT2D eigenvalue weighted by Gasteiger charge is -2.09. The standard InChI is InChI=1S/C15H21ClN4/c1-5-12-10(3)19-20(11(12)4)15-8-7-13(16)14(18-15)9-17-6-2/h7-8,17H,5-6,9H2,1-4H3. The lowest BCUT2D eigenvalue weighted by Crippen LogP contribution is -2.14. The lowest BCUT2D eigenvalue weighted by molar-refractivity contribution is 0.702. The first kappa shape index (κ1) is 15.0. The SMILES string of the molecule is CCNCc1nc(-n2nc(C)c(CC)c2C)ccc1Cl. The van der Waals surface area contributed by atoms with Crippen LogP contribution in [0.15, 0.2) is 12.1 Å². The summed E-state index contributed by atoms with van der Waals surface area (Å²) in [4.78, 5) is 4.64. The average molecular weight is 293 g/mol. The Kier molecular flexibility index (Phi) is 4.78. The summed E-state index contributed by atoms with van der Waals surface area (Å²) in [6, 6.07) is 3.80. The Morgan fingerprint density at radius 1 is 1.25 bits per heavy atom. The van der Waals surface area contributed by atoms with Crippen LogP contribution in [0.4, 0.5) is 0 Å². The van der Waals surface area contributed by atoms with Gasteiger partial charge in [-0.1, -0.05) is 25.4 Å². The van der Waals surface area contributed by atoms with Gasteiger partial charge in [-0.3, -0.25) is 0 Å². The first-order valence-electron chi connectivity index (χ1n) is 7.00. The van der Waals surface area contributed by atoms with E-state index in [1.165, 1.54) is 5.56 Å². The summed E-state index contributed by atoms with van der Waals surface area (Å²) in [6.45, 7) is 9.89. The fraction of sp³-hybridized carbons (Fsp3) is 0.467. The number of hydrogen-bond acceptors (Lipinski definition) is 3. The monoisotopic (exact) mass is 292 g/mol. The van der Waals surface area contributed by atoms with Crippen molar-refractivity contribution in [3.8, 4) is 5.82 Å². The fourth-order valence-electron chi connectivity index (χ4n) is 2.37. The van der Waals surface area contributed by atoms with Crippen molar-refractivity contribution in [1.82, 2.24) is 20.1 Å². The largest absolute Gasteiger partial charge is 0.311 e. The van der Waals surface area contributed by atoms with Crippen LogP contribution in [-0.2, 0) is 13.0 Å². The first-order valence-corrected chi connectivity index (χ1v) is 7.37. The molecule has 0 fully saturated rings. The van der Waals surface area contributed by atoms with Gasteiger partial charge in [-0.15, -0.1) is 0 Å². The molecular weight excluding hydrogens is 272 g/mol. The van der Waals surface area contributed by atoms with E-state index in [0.29, 0.717) is 11.6 Å². The Labute approximate surface area is 125 Å². The second-order valence-electron chi connectivity index (χ2n) is 4.79. The van der Waals surface area contributed by atoms with Crippen LogP contribution in [0, 0.1) is 13.8 Å². The Balaban J connectivity index is 2.43. The summed E-state index contributed by atoms with van der Waals surface area (Å²) in [5, 5.41) is 8.53. The van der Waals surface area contributed by atoms with E-state index < -0.39 is 0 Å². The highest BCUT2D eigenvalue weighted by Gasteiger charge is 2.13. The molecule has 2 aromatic rings. The number of pyridine rings is 1. The van der Waals surface area contributed by atoms with Gasteiger partial charge in [0.1, 0.15) is 0 Å². The third-order valence-corrected chi connectivity index (χ3v) is 3.80. The second kappa shape index (κ2) is 6.37. The topological polar surface area (TPSA) is 42.7 Å². The van der Waals surface area contributed by atoms with Crippen LogP contribution in [-0.4, -0.2) is 21.3 Å². The average Bonchev–Trinajstić information content (AvgIpc) is 2.72. The number of hydrogen-bond donors (Lipinski definition) is 1. The van der Waals surface area contributed by atoms with Crippen molar-refractivity contribution >= 4 is 11.6 Å². The van der Waals surface area contributed by atoms with Crippen molar-refractivity contribution in [2.24, 2.45) is 0 Å². The second-order valence-corrected chi connectivity index (χ2v) is 5.20. The molecule has 0 saturated carbocycles. The number of aryl methyl sites for hydroxylation is 1. The van der Waals surface area contributed by atoms with Gasteiger partial charge in [0.2, 0.25) is 0 Å². The molecule has 0 bridgehead atoms. The predicted octanol–water partition coefficient (Wildman–Crippen LogP) is 3.21. The highest BCUT2D eigenvalue weighted by atomic mass is 35.5. The molecule has 0 aromatic carbocycles. The van der Waals surface area contributed by atoms with E-state index in [1.54, 1.807) is 0 Å². The van der Waals surface area contributed by atoms with E-state index in [2.05, 4.69) is 36.2 Å². The van der Waals surface area contributed by atoms with Gasteiger partial charge in [-0.2, -0.15) is 5.10 Å². The summed E-state index contributed by atoms with van der Waals surface area (Å²) in [5.74, 6) is 0.822. The summed E-state index contributed by atoms with van der Waals surface area (Å²) < 4.78 is 1.90. The third kappa shape index (κ3) is 2.86. The molecule has 2 rings (SSSR count). The zero-order valence-corrected chi connectivity index (χ0v) is 13.3. The maximum Gasteiger partial charge on any atom is 0.154 e. The molecule has 0 amide bonds. The van der Waals surface area contributed by atoms with Gasteiger partial charge >= 0.3 is 0 Å². The fourth-order valence-corrected chi connectivity index (χ4v) is 2.54. The van der Waals surface area contributed by atoms with E-state index in [-0.39, 0.29) is 0 Å².